The molecule has 0 heterocycles. The lowest BCUT2D eigenvalue weighted by Crippen LogP contribution is -2.34. The van der Waals surface area contributed by atoms with Gasteiger partial charge in [0, 0.05) is 29.7 Å². The standard InChI is InChI=1S/C11H15BrN2O/c1-2-11(15)14(8-7-13)10-5-3-9(12)4-6-10/h3-6H,2,7-8,13H2,1H3. The van der Waals surface area contributed by atoms with Gasteiger partial charge in [-0.2, -0.15) is 0 Å². The fourth-order valence-corrected chi connectivity index (χ4v) is 1.60. The minimum Gasteiger partial charge on any atom is -0.329 e. The molecular weight excluding hydrogens is 256 g/mol. The Hall–Kier alpha value is -0.870. The van der Waals surface area contributed by atoms with Gasteiger partial charge >= 0.3 is 0 Å². The molecule has 0 atom stereocenters. The Bertz CT molecular complexity index is 324. The van der Waals surface area contributed by atoms with Crippen LogP contribution in [0.25, 0.3) is 0 Å². The molecule has 4 heteroatoms. The molecule has 1 aromatic rings. The molecule has 1 aromatic carbocycles. The summed E-state index contributed by atoms with van der Waals surface area (Å²) in [6, 6.07) is 7.66. The molecule has 0 aliphatic heterocycles. The van der Waals surface area contributed by atoms with E-state index in [4.69, 9.17) is 5.73 Å². The maximum absolute atomic E-state index is 11.6. The van der Waals surface area contributed by atoms with Crippen molar-refractivity contribution in [2.45, 2.75) is 13.3 Å². The van der Waals surface area contributed by atoms with Crippen molar-refractivity contribution in [1.82, 2.24) is 0 Å². The second kappa shape index (κ2) is 5.88. The molecule has 1 rings (SSSR count). The summed E-state index contributed by atoms with van der Waals surface area (Å²) in [6.45, 7) is 2.89. The third-order valence-corrected chi connectivity index (χ3v) is 2.62. The fourth-order valence-electron chi connectivity index (χ4n) is 1.34. The van der Waals surface area contributed by atoms with Gasteiger partial charge in [-0.05, 0) is 24.3 Å². The van der Waals surface area contributed by atoms with Gasteiger partial charge in [-0.3, -0.25) is 4.79 Å². The predicted molar refractivity (Wildman–Crippen MR) is 65.8 cm³/mol. The monoisotopic (exact) mass is 270 g/mol. The summed E-state index contributed by atoms with van der Waals surface area (Å²) in [4.78, 5) is 13.4. The van der Waals surface area contributed by atoms with Gasteiger partial charge in [0.15, 0.2) is 0 Å². The van der Waals surface area contributed by atoms with E-state index in [9.17, 15) is 4.79 Å². The van der Waals surface area contributed by atoms with Gasteiger partial charge in [0.05, 0.1) is 0 Å². The topological polar surface area (TPSA) is 46.3 Å². The van der Waals surface area contributed by atoms with Crippen molar-refractivity contribution >= 4 is 27.5 Å². The smallest absolute Gasteiger partial charge is 0.226 e. The van der Waals surface area contributed by atoms with Crippen LogP contribution in [-0.4, -0.2) is 19.0 Å². The van der Waals surface area contributed by atoms with E-state index in [1.54, 1.807) is 4.90 Å². The van der Waals surface area contributed by atoms with E-state index in [1.807, 2.05) is 31.2 Å². The molecular formula is C11H15BrN2O. The van der Waals surface area contributed by atoms with E-state index in [1.165, 1.54) is 0 Å². The molecule has 2 N–H and O–H groups in total. The number of hydrogen-bond acceptors (Lipinski definition) is 2. The van der Waals surface area contributed by atoms with Crippen molar-refractivity contribution in [3.8, 4) is 0 Å². The van der Waals surface area contributed by atoms with Gasteiger partial charge in [-0.25, -0.2) is 0 Å². The zero-order valence-electron chi connectivity index (χ0n) is 8.74. The Labute approximate surface area is 98.4 Å². The molecule has 3 nitrogen and oxygen atoms in total. The number of halogens is 1. The molecule has 82 valence electrons. The first kappa shape index (κ1) is 12.2. The maximum Gasteiger partial charge on any atom is 0.226 e. The molecule has 0 bridgehead atoms. The zero-order chi connectivity index (χ0) is 11.3. The number of hydrogen-bond donors (Lipinski definition) is 1. The normalized spacial score (nSPS) is 10.1. The summed E-state index contributed by atoms with van der Waals surface area (Å²) in [7, 11) is 0. The summed E-state index contributed by atoms with van der Waals surface area (Å²) < 4.78 is 1.00. The first-order chi connectivity index (χ1) is 7.19. The Morgan fingerprint density at radius 1 is 1.40 bits per heavy atom. The minimum absolute atomic E-state index is 0.0998. The highest BCUT2D eigenvalue weighted by molar-refractivity contribution is 9.10. The number of benzene rings is 1. The van der Waals surface area contributed by atoms with E-state index in [0.29, 0.717) is 19.5 Å². The molecule has 0 saturated carbocycles. The number of anilines is 1. The first-order valence-electron chi connectivity index (χ1n) is 4.95. The predicted octanol–water partition coefficient (Wildman–Crippen LogP) is 2.15. The SMILES string of the molecule is CCC(=O)N(CCN)c1ccc(Br)cc1. The average Bonchev–Trinajstić information content (AvgIpc) is 2.26. The van der Waals surface area contributed by atoms with Gasteiger partial charge in [0.25, 0.3) is 0 Å². The van der Waals surface area contributed by atoms with Gasteiger partial charge < -0.3 is 10.6 Å². The highest BCUT2D eigenvalue weighted by Gasteiger charge is 2.12. The lowest BCUT2D eigenvalue weighted by molar-refractivity contribution is -0.118. The largest absolute Gasteiger partial charge is 0.329 e. The van der Waals surface area contributed by atoms with Gasteiger partial charge in [-0.15, -0.1) is 0 Å². The van der Waals surface area contributed by atoms with Gasteiger partial charge in [0.2, 0.25) is 5.91 Å². The number of rotatable bonds is 4. The summed E-state index contributed by atoms with van der Waals surface area (Å²) in [5.74, 6) is 0.0998. The second-order valence-corrected chi connectivity index (χ2v) is 4.08. The molecule has 1 amide bonds. The first-order valence-corrected chi connectivity index (χ1v) is 5.74. The van der Waals surface area contributed by atoms with Crippen LogP contribution in [0, 0.1) is 0 Å². The summed E-state index contributed by atoms with van der Waals surface area (Å²) >= 11 is 3.36. The molecule has 0 radical (unpaired) electrons. The molecule has 0 aliphatic carbocycles. The van der Waals surface area contributed by atoms with Crippen LogP contribution in [-0.2, 0) is 4.79 Å². The summed E-state index contributed by atoms with van der Waals surface area (Å²) in [5.41, 5.74) is 6.38. The van der Waals surface area contributed by atoms with Crippen molar-refractivity contribution in [1.29, 1.82) is 0 Å². The molecule has 0 aromatic heterocycles. The summed E-state index contributed by atoms with van der Waals surface area (Å²) in [5, 5.41) is 0. The van der Waals surface area contributed by atoms with Crippen LogP contribution in [0.4, 0.5) is 5.69 Å². The van der Waals surface area contributed by atoms with Gasteiger partial charge in [-0.1, -0.05) is 22.9 Å². The van der Waals surface area contributed by atoms with Crippen molar-refractivity contribution < 1.29 is 4.79 Å². The minimum atomic E-state index is 0.0998. The molecule has 0 unspecified atom stereocenters. The molecule has 15 heavy (non-hydrogen) atoms. The maximum atomic E-state index is 11.6. The van der Waals surface area contributed by atoms with Crippen LogP contribution in [0.3, 0.4) is 0 Å². The van der Waals surface area contributed by atoms with Gasteiger partial charge in [0.1, 0.15) is 0 Å². The molecule has 0 aliphatic rings. The lowest BCUT2D eigenvalue weighted by Gasteiger charge is -2.21. The van der Waals surface area contributed by atoms with E-state index in [0.717, 1.165) is 10.2 Å². The average molecular weight is 271 g/mol. The molecule has 0 spiro atoms. The Morgan fingerprint density at radius 2 is 2.00 bits per heavy atom. The molecule has 0 saturated heterocycles. The third-order valence-electron chi connectivity index (χ3n) is 2.09. The van der Waals surface area contributed by atoms with E-state index >= 15 is 0 Å². The Morgan fingerprint density at radius 3 is 2.47 bits per heavy atom. The van der Waals surface area contributed by atoms with Crippen LogP contribution in [0.2, 0.25) is 0 Å². The highest BCUT2D eigenvalue weighted by Crippen LogP contribution is 2.18. The zero-order valence-corrected chi connectivity index (χ0v) is 10.3. The van der Waals surface area contributed by atoms with Crippen LogP contribution < -0.4 is 10.6 Å². The number of carbonyl (C=O) groups excluding carboxylic acids is 1. The van der Waals surface area contributed by atoms with Crippen molar-refractivity contribution in [2.24, 2.45) is 5.73 Å². The third kappa shape index (κ3) is 3.32. The number of nitrogens with zero attached hydrogens (tertiary/aromatic N) is 1. The number of carbonyl (C=O) groups is 1. The fraction of sp³-hybridized carbons (Fsp3) is 0.364. The van der Waals surface area contributed by atoms with Crippen LogP contribution in [0.5, 0.6) is 0 Å². The van der Waals surface area contributed by atoms with E-state index in [2.05, 4.69) is 15.9 Å². The molecule has 0 fully saturated rings. The highest BCUT2D eigenvalue weighted by atomic mass is 79.9. The van der Waals surface area contributed by atoms with Crippen LogP contribution >= 0.6 is 15.9 Å². The number of nitrogens with two attached hydrogens (primary N) is 1. The number of amides is 1. The Kier molecular flexibility index (Phi) is 4.78. The van der Waals surface area contributed by atoms with Crippen molar-refractivity contribution in [2.75, 3.05) is 18.0 Å². The quantitative estimate of drug-likeness (QED) is 0.912. The second-order valence-electron chi connectivity index (χ2n) is 3.16. The van der Waals surface area contributed by atoms with E-state index in [-0.39, 0.29) is 5.91 Å². The van der Waals surface area contributed by atoms with Crippen molar-refractivity contribution in [3.63, 3.8) is 0 Å². The van der Waals surface area contributed by atoms with Crippen LogP contribution in [0.1, 0.15) is 13.3 Å². The van der Waals surface area contributed by atoms with E-state index < -0.39 is 0 Å². The van der Waals surface area contributed by atoms with Crippen LogP contribution in [0.15, 0.2) is 28.7 Å². The Balaban J connectivity index is 2.88. The summed E-state index contributed by atoms with van der Waals surface area (Å²) in [6.07, 6.45) is 0.496. The lowest BCUT2D eigenvalue weighted by atomic mass is 10.2. The van der Waals surface area contributed by atoms with Crippen molar-refractivity contribution in [3.05, 3.63) is 28.7 Å².